The van der Waals surface area contributed by atoms with Gasteiger partial charge in [0, 0.05) is 18.6 Å². The molecule has 1 saturated carbocycles. The lowest BCUT2D eigenvalue weighted by molar-refractivity contribution is -0.163. The topological polar surface area (TPSA) is 57.2 Å². The summed E-state index contributed by atoms with van der Waals surface area (Å²) in [5.74, 6) is 0.796. The van der Waals surface area contributed by atoms with Crippen LogP contribution in [0.1, 0.15) is 78.5 Å². The summed E-state index contributed by atoms with van der Waals surface area (Å²) in [6.07, 6.45) is 1.17. The van der Waals surface area contributed by atoms with Crippen molar-refractivity contribution in [1.29, 1.82) is 0 Å². The van der Waals surface area contributed by atoms with Crippen LogP contribution in [0.2, 0.25) is 5.04 Å². The highest BCUT2D eigenvalue weighted by molar-refractivity contribution is 6.99. The van der Waals surface area contributed by atoms with Gasteiger partial charge in [-0.1, -0.05) is 118 Å². The Labute approximate surface area is 300 Å². The number of benzene rings is 4. The van der Waals surface area contributed by atoms with Gasteiger partial charge in [-0.2, -0.15) is 0 Å². The van der Waals surface area contributed by atoms with Gasteiger partial charge in [0.25, 0.3) is 8.32 Å². The summed E-state index contributed by atoms with van der Waals surface area (Å²) in [5.41, 5.74) is 1.62. The lowest BCUT2D eigenvalue weighted by Gasteiger charge is -2.48. The van der Waals surface area contributed by atoms with Crippen LogP contribution in [-0.2, 0) is 20.5 Å². The Morgan fingerprint density at radius 1 is 0.760 bits per heavy atom. The van der Waals surface area contributed by atoms with Crippen LogP contribution >= 0.6 is 0 Å². The molecule has 0 spiro atoms. The maximum atomic E-state index is 14.3. The quantitative estimate of drug-likeness (QED) is 0.110. The molecule has 1 aliphatic rings. The molecule has 266 valence electrons. The molecule has 0 aromatic heterocycles. The van der Waals surface area contributed by atoms with Crippen molar-refractivity contribution in [2.24, 2.45) is 5.92 Å². The van der Waals surface area contributed by atoms with Crippen LogP contribution in [0.15, 0.2) is 109 Å². The molecular formula is C43H55NO5Si. The fourth-order valence-electron chi connectivity index (χ4n) is 7.68. The largest absolute Gasteiger partial charge is 0.493 e. The average molecular weight is 694 g/mol. The van der Waals surface area contributed by atoms with E-state index in [-0.39, 0.29) is 35.1 Å². The predicted octanol–water partition coefficient (Wildman–Crippen LogP) is 8.33. The summed E-state index contributed by atoms with van der Waals surface area (Å²) < 4.78 is 25.4. The van der Waals surface area contributed by atoms with Gasteiger partial charge in [-0.05, 0) is 79.2 Å². The number of ether oxygens (including phenoxy) is 3. The summed E-state index contributed by atoms with van der Waals surface area (Å²) in [6.45, 7) is 15.6. The molecule has 7 heteroatoms. The fraction of sp³-hybridized carbons (Fsp3) is 0.419. The van der Waals surface area contributed by atoms with E-state index in [1.165, 1.54) is 15.9 Å². The number of hydrogen-bond donors (Lipinski definition) is 0. The maximum absolute atomic E-state index is 14.3. The lowest BCUT2D eigenvalue weighted by atomic mass is 9.95. The van der Waals surface area contributed by atoms with Crippen molar-refractivity contribution >= 4 is 24.7 Å². The molecule has 4 aromatic rings. The monoisotopic (exact) mass is 693 g/mol. The average Bonchev–Trinajstić information content (AvgIpc) is 3.52. The molecular weight excluding hydrogens is 639 g/mol. The van der Waals surface area contributed by atoms with Crippen molar-refractivity contribution < 1.29 is 23.4 Å². The van der Waals surface area contributed by atoms with Crippen LogP contribution in [0.4, 0.5) is 0 Å². The predicted molar refractivity (Wildman–Crippen MR) is 205 cm³/mol. The smallest absolute Gasteiger partial charge is 0.311 e. The standard InChI is InChI=1S/C43H55NO5Si/c1-31(33-19-13-10-14-20-33)44(30-32-25-27-37(46-8)39(29-32)47-9)40-36(41(45)48-42(2,3)4)26-28-38(40)49-50(43(5,6)7,34-21-15-11-16-22-34)35-23-17-12-18-24-35/h10-25,27,29,31,36,38,40H,26,28,30H2,1-9H3/t31-,36+,38+,40+/m1/s1. The zero-order valence-electron chi connectivity index (χ0n) is 31.3. The second-order valence-corrected chi connectivity index (χ2v) is 19.7. The third-order valence-electron chi connectivity index (χ3n) is 9.99. The Kier molecular flexibility index (Phi) is 11.6. The van der Waals surface area contributed by atoms with Crippen molar-refractivity contribution in [1.82, 2.24) is 4.90 Å². The number of methoxy groups -OCH3 is 2. The molecule has 50 heavy (non-hydrogen) atoms. The number of rotatable bonds is 12. The minimum absolute atomic E-state index is 0.0393. The lowest BCUT2D eigenvalue weighted by Crippen LogP contribution is -2.69. The molecule has 0 radical (unpaired) electrons. The number of esters is 1. The molecule has 6 nitrogen and oxygen atoms in total. The van der Waals surface area contributed by atoms with E-state index in [9.17, 15) is 4.79 Å². The van der Waals surface area contributed by atoms with Gasteiger partial charge >= 0.3 is 5.97 Å². The Balaban J connectivity index is 1.70. The highest BCUT2D eigenvalue weighted by atomic mass is 28.4. The molecule has 1 aliphatic carbocycles. The van der Waals surface area contributed by atoms with E-state index < -0.39 is 13.9 Å². The summed E-state index contributed by atoms with van der Waals surface area (Å²) in [7, 11) is 0.351. The summed E-state index contributed by atoms with van der Waals surface area (Å²) >= 11 is 0. The molecule has 0 amide bonds. The molecule has 0 N–H and O–H groups in total. The zero-order valence-corrected chi connectivity index (χ0v) is 32.3. The first-order valence-electron chi connectivity index (χ1n) is 17.8. The molecule has 5 rings (SSSR count). The normalized spacial score (nSPS) is 18.9. The SMILES string of the molecule is COc1ccc(CN([C@@H]2[C@@H](O[Si](c3ccccc3)(c3ccccc3)C(C)(C)C)CC[C@@H]2C(=O)OC(C)(C)C)[C@H](C)c2ccccc2)cc1OC. The third kappa shape index (κ3) is 8.01. The molecule has 0 heterocycles. The Morgan fingerprint density at radius 2 is 1.30 bits per heavy atom. The molecule has 4 atom stereocenters. The van der Waals surface area contributed by atoms with Crippen molar-refractivity contribution in [2.45, 2.75) is 96.7 Å². The third-order valence-corrected chi connectivity index (χ3v) is 15.0. The second-order valence-electron chi connectivity index (χ2n) is 15.5. The van der Waals surface area contributed by atoms with Crippen LogP contribution in [0.3, 0.4) is 0 Å². The van der Waals surface area contributed by atoms with Crippen molar-refractivity contribution in [3.8, 4) is 11.5 Å². The molecule has 4 aromatic carbocycles. The Morgan fingerprint density at radius 3 is 1.80 bits per heavy atom. The zero-order chi connectivity index (χ0) is 36.1. The van der Waals surface area contributed by atoms with E-state index in [1.54, 1.807) is 14.2 Å². The molecule has 0 aliphatic heterocycles. The number of carbonyl (C=O) groups excluding carboxylic acids is 1. The fourth-order valence-corrected chi connectivity index (χ4v) is 12.4. The minimum atomic E-state index is -2.96. The van der Waals surface area contributed by atoms with Crippen LogP contribution in [0.25, 0.3) is 0 Å². The highest BCUT2D eigenvalue weighted by Crippen LogP contribution is 2.44. The van der Waals surface area contributed by atoms with Gasteiger partial charge in [0.05, 0.1) is 26.2 Å². The van der Waals surface area contributed by atoms with E-state index in [2.05, 4.69) is 124 Å². The Bertz CT molecular complexity index is 1640. The van der Waals surface area contributed by atoms with Crippen LogP contribution in [0.5, 0.6) is 11.5 Å². The molecule has 0 unspecified atom stereocenters. The molecule has 0 saturated heterocycles. The van der Waals surface area contributed by atoms with E-state index >= 15 is 0 Å². The van der Waals surface area contributed by atoms with Gasteiger partial charge in [-0.15, -0.1) is 0 Å². The number of hydrogen-bond acceptors (Lipinski definition) is 6. The van der Waals surface area contributed by atoms with Crippen molar-refractivity contribution in [2.75, 3.05) is 14.2 Å². The first-order valence-corrected chi connectivity index (χ1v) is 19.7. The first-order chi connectivity index (χ1) is 23.8. The van der Waals surface area contributed by atoms with Gasteiger partial charge in [0.1, 0.15) is 5.60 Å². The highest BCUT2D eigenvalue weighted by Gasteiger charge is 2.56. The Hall–Kier alpha value is -3.91. The van der Waals surface area contributed by atoms with Gasteiger partial charge in [0.2, 0.25) is 0 Å². The van der Waals surface area contributed by atoms with E-state index in [0.717, 1.165) is 12.0 Å². The van der Waals surface area contributed by atoms with Crippen molar-refractivity contribution in [3.63, 3.8) is 0 Å². The molecule has 1 fully saturated rings. The summed E-state index contributed by atoms with van der Waals surface area (Å²) in [6, 6.07) is 37.8. The van der Waals surface area contributed by atoms with Crippen LogP contribution in [-0.4, -0.2) is 51.2 Å². The van der Waals surface area contributed by atoms with E-state index in [1.807, 2.05) is 39.0 Å². The number of nitrogens with zero attached hydrogens (tertiary/aromatic N) is 1. The summed E-state index contributed by atoms with van der Waals surface area (Å²) in [5, 5.41) is 2.23. The van der Waals surface area contributed by atoms with E-state index in [4.69, 9.17) is 18.6 Å². The summed E-state index contributed by atoms with van der Waals surface area (Å²) in [4.78, 5) is 16.8. The van der Waals surface area contributed by atoms with Gasteiger partial charge < -0.3 is 18.6 Å². The van der Waals surface area contributed by atoms with Gasteiger partial charge in [0.15, 0.2) is 11.5 Å². The van der Waals surface area contributed by atoms with Gasteiger partial charge in [-0.25, -0.2) is 0 Å². The maximum Gasteiger partial charge on any atom is 0.311 e. The van der Waals surface area contributed by atoms with Crippen molar-refractivity contribution in [3.05, 3.63) is 120 Å². The van der Waals surface area contributed by atoms with Gasteiger partial charge in [-0.3, -0.25) is 9.69 Å². The van der Waals surface area contributed by atoms with Crippen LogP contribution in [0, 0.1) is 5.92 Å². The first kappa shape index (κ1) is 37.3. The molecule has 0 bridgehead atoms. The minimum Gasteiger partial charge on any atom is -0.493 e. The van der Waals surface area contributed by atoms with Crippen LogP contribution < -0.4 is 19.8 Å². The second kappa shape index (κ2) is 15.5. The number of carbonyl (C=O) groups is 1. The van der Waals surface area contributed by atoms with E-state index in [0.29, 0.717) is 24.5 Å².